The van der Waals surface area contributed by atoms with Crippen molar-refractivity contribution in [1.29, 1.82) is 0 Å². The van der Waals surface area contributed by atoms with E-state index in [-0.39, 0.29) is 12.5 Å². The van der Waals surface area contributed by atoms with E-state index in [0.717, 1.165) is 16.2 Å². The monoisotopic (exact) mass is 397 g/mol. The fourth-order valence-electron chi connectivity index (χ4n) is 3.65. The Morgan fingerprint density at radius 1 is 0.929 bits per heavy atom. The van der Waals surface area contributed by atoms with Crippen LogP contribution in [0.15, 0.2) is 42.5 Å². The molecule has 4 rings (SSSR count). The number of fused-ring (bicyclic) bond motifs is 1. The second kappa shape index (κ2) is 7.28. The highest BCUT2D eigenvalue weighted by Gasteiger charge is 2.37. The lowest BCUT2D eigenvalue weighted by molar-refractivity contribution is -0.131. The van der Waals surface area contributed by atoms with Gasteiger partial charge in [-0.1, -0.05) is 23.2 Å². The summed E-state index contributed by atoms with van der Waals surface area (Å²) in [6.45, 7) is 4.12. The van der Waals surface area contributed by atoms with Crippen molar-refractivity contribution in [2.24, 2.45) is 0 Å². The van der Waals surface area contributed by atoms with Gasteiger partial charge in [0.05, 0.1) is 11.1 Å². The van der Waals surface area contributed by atoms with Gasteiger partial charge in [-0.15, -0.1) is 0 Å². The van der Waals surface area contributed by atoms with E-state index in [9.17, 15) is 14.4 Å². The Balaban J connectivity index is 1.38. The first-order chi connectivity index (χ1) is 13.4. The molecule has 2 aromatic rings. The van der Waals surface area contributed by atoms with Crippen LogP contribution in [-0.2, 0) is 4.79 Å². The van der Waals surface area contributed by atoms with Crippen LogP contribution in [0.5, 0.6) is 0 Å². The number of anilines is 1. The first-order valence-electron chi connectivity index (χ1n) is 9.19. The van der Waals surface area contributed by atoms with Crippen molar-refractivity contribution >= 4 is 35.0 Å². The van der Waals surface area contributed by atoms with Gasteiger partial charge in [0.1, 0.15) is 6.54 Å². The van der Waals surface area contributed by atoms with Crippen LogP contribution in [0.25, 0.3) is 0 Å². The molecule has 28 heavy (non-hydrogen) atoms. The van der Waals surface area contributed by atoms with Crippen molar-refractivity contribution in [3.8, 4) is 0 Å². The van der Waals surface area contributed by atoms with E-state index in [1.807, 2.05) is 31.2 Å². The molecule has 0 saturated carbocycles. The average molecular weight is 398 g/mol. The zero-order valence-corrected chi connectivity index (χ0v) is 16.3. The molecule has 1 saturated heterocycles. The van der Waals surface area contributed by atoms with Crippen LogP contribution in [-0.4, -0.2) is 60.2 Å². The largest absolute Gasteiger partial charge is 0.368 e. The Morgan fingerprint density at radius 2 is 1.57 bits per heavy atom. The van der Waals surface area contributed by atoms with Gasteiger partial charge >= 0.3 is 0 Å². The fraction of sp³-hybridized carbons (Fsp3) is 0.286. The summed E-state index contributed by atoms with van der Waals surface area (Å²) in [4.78, 5) is 42.7. The molecule has 0 spiro atoms. The van der Waals surface area contributed by atoms with Crippen LogP contribution in [0, 0.1) is 6.92 Å². The lowest BCUT2D eigenvalue weighted by Crippen LogP contribution is -2.51. The van der Waals surface area contributed by atoms with Gasteiger partial charge < -0.3 is 9.80 Å². The molecule has 144 valence electrons. The minimum atomic E-state index is -0.395. The third-order valence-electron chi connectivity index (χ3n) is 5.24. The first-order valence-corrected chi connectivity index (χ1v) is 9.57. The molecule has 2 heterocycles. The Bertz CT molecular complexity index is 950. The Morgan fingerprint density at radius 3 is 2.25 bits per heavy atom. The molecule has 3 amide bonds. The molecule has 2 aliphatic heterocycles. The number of hydrogen-bond acceptors (Lipinski definition) is 4. The number of aryl methyl sites for hydroxylation is 1. The maximum absolute atomic E-state index is 12.7. The van der Waals surface area contributed by atoms with Crippen molar-refractivity contribution in [2.45, 2.75) is 6.92 Å². The predicted octanol–water partition coefficient (Wildman–Crippen LogP) is 2.59. The number of carbonyl (C=O) groups is 3. The lowest BCUT2D eigenvalue weighted by Gasteiger charge is -2.36. The molecule has 2 aliphatic rings. The second-order valence-corrected chi connectivity index (χ2v) is 7.53. The summed E-state index contributed by atoms with van der Waals surface area (Å²) in [5.74, 6) is -0.994. The van der Waals surface area contributed by atoms with Crippen LogP contribution in [0.2, 0.25) is 5.02 Å². The van der Waals surface area contributed by atoms with Gasteiger partial charge in [0.15, 0.2) is 0 Å². The Hall–Kier alpha value is -2.86. The van der Waals surface area contributed by atoms with E-state index in [1.54, 1.807) is 23.1 Å². The molecular formula is C21H20ClN3O3. The van der Waals surface area contributed by atoms with Crippen molar-refractivity contribution in [3.05, 3.63) is 64.2 Å². The topological polar surface area (TPSA) is 60.9 Å². The van der Waals surface area contributed by atoms with Gasteiger partial charge in [-0.3, -0.25) is 19.3 Å². The van der Waals surface area contributed by atoms with Crippen molar-refractivity contribution in [3.63, 3.8) is 0 Å². The quantitative estimate of drug-likeness (QED) is 0.747. The number of halogens is 1. The molecular weight excluding hydrogens is 378 g/mol. The highest BCUT2D eigenvalue weighted by atomic mass is 35.5. The summed E-state index contributed by atoms with van der Waals surface area (Å²) in [5, 5.41) is 0.689. The van der Waals surface area contributed by atoms with E-state index in [0.29, 0.717) is 42.3 Å². The van der Waals surface area contributed by atoms with Gasteiger partial charge in [0, 0.05) is 36.9 Å². The van der Waals surface area contributed by atoms with Crippen LogP contribution in [0.4, 0.5) is 5.69 Å². The zero-order valence-electron chi connectivity index (χ0n) is 15.5. The summed E-state index contributed by atoms with van der Waals surface area (Å²) in [6, 6.07) is 12.8. The summed E-state index contributed by atoms with van der Waals surface area (Å²) >= 11 is 5.93. The smallest absolute Gasteiger partial charge is 0.262 e. The lowest BCUT2D eigenvalue weighted by atomic mass is 10.1. The molecule has 0 aromatic heterocycles. The minimum Gasteiger partial charge on any atom is -0.368 e. The molecule has 0 aliphatic carbocycles. The molecule has 2 aromatic carbocycles. The maximum Gasteiger partial charge on any atom is 0.262 e. The van der Waals surface area contributed by atoms with Crippen LogP contribution in [0.1, 0.15) is 26.3 Å². The van der Waals surface area contributed by atoms with Gasteiger partial charge in [-0.05, 0) is 43.3 Å². The molecule has 7 heteroatoms. The van der Waals surface area contributed by atoms with Gasteiger partial charge in [-0.25, -0.2) is 0 Å². The van der Waals surface area contributed by atoms with Crippen molar-refractivity contribution < 1.29 is 14.4 Å². The highest BCUT2D eigenvalue weighted by molar-refractivity contribution is 6.30. The zero-order chi connectivity index (χ0) is 19.8. The van der Waals surface area contributed by atoms with Crippen LogP contribution < -0.4 is 4.90 Å². The number of carbonyl (C=O) groups excluding carboxylic acids is 3. The van der Waals surface area contributed by atoms with E-state index >= 15 is 0 Å². The SMILES string of the molecule is Cc1ccc2c(c1)C(=O)N(CC(=O)N1CCN(c3ccc(Cl)cc3)CC1)C2=O. The number of amides is 3. The molecule has 0 unspecified atom stereocenters. The summed E-state index contributed by atoms with van der Waals surface area (Å²) in [7, 11) is 0. The van der Waals surface area contributed by atoms with Gasteiger partial charge in [0.25, 0.3) is 11.8 Å². The molecule has 1 fully saturated rings. The standard InChI is InChI=1S/C21H20ClN3O3/c1-14-2-7-17-18(12-14)21(28)25(20(17)27)13-19(26)24-10-8-23(9-11-24)16-5-3-15(22)4-6-16/h2-7,12H,8-11,13H2,1H3. The predicted molar refractivity (Wildman–Crippen MR) is 107 cm³/mol. The summed E-state index contributed by atoms with van der Waals surface area (Å²) < 4.78 is 0. The van der Waals surface area contributed by atoms with Gasteiger partial charge in [0.2, 0.25) is 5.91 Å². The third-order valence-corrected chi connectivity index (χ3v) is 5.50. The van der Waals surface area contributed by atoms with Crippen LogP contribution >= 0.6 is 11.6 Å². The normalized spacial score (nSPS) is 16.6. The second-order valence-electron chi connectivity index (χ2n) is 7.09. The van der Waals surface area contributed by atoms with E-state index in [2.05, 4.69) is 4.90 Å². The minimum absolute atomic E-state index is 0.206. The Labute approximate surface area is 168 Å². The molecule has 6 nitrogen and oxygen atoms in total. The number of benzene rings is 2. The molecule has 0 bridgehead atoms. The highest BCUT2D eigenvalue weighted by Crippen LogP contribution is 2.24. The molecule has 0 N–H and O–H groups in total. The number of rotatable bonds is 3. The van der Waals surface area contributed by atoms with Crippen LogP contribution in [0.3, 0.4) is 0 Å². The van der Waals surface area contributed by atoms with Crippen molar-refractivity contribution in [2.75, 3.05) is 37.6 Å². The molecule has 0 atom stereocenters. The van der Waals surface area contributed by atoms with E-state index in [1.165, 1.54) is 0 Å². The maximum atomic E-state index is 12.7. The summed E-state index contributed by atoms with van der Waals surface area (Å²) in [5.41, 5.74) is 2.72. The molecule has 0 radical (unpaired) electrons. The number of nitrogens with zero attached hydrogens (tertiary/aromatic N) is 3. The number of imide groups is 1. The fourth-order valence-corrected chi connectivity index (χ4v) is 3.78. The third kappa shape index (κ3) is 3.36. The first kappa shape index (κ1) is 18.5. The summed E-state index contributed by atoms with van der Waals surface area (Å²) in [6.07, 6.45) is 0. The van der Waals surface area contributed by atoms with Crippen molar-refractivity contribution in [1.82, 2.24) is 9.80 Å². The number of piperazine rings is 1. The van der Waals surface area contributed by atoms with E-state index in [4.69, 9.17) is 11.6 Å². The Kier molecular flexibility index (Phi) is 4.81. The van der Waals surface area contributed by atoms with Gasteiger partial charge in [-0.2, -0.15) is 0 Å². The average Bonchev–Trinajstić information content (AvgIpc) is 2.93. The number of hydrogen-bond donors (Lipinski definition) is 0. The van der Waals surface area contributed by atoms with E-state index < -0.39 is 11.8 Å².